The molecule has 0 saturated carbocycles. The van der Waals surface area contributed by atoms with Crippen molar-refractivity contribution in [1.29, 1.82) is 0 Å². The molecule has 0 bridgehead atoms. The average molecular weight is 186 g/mol. The summed E-state index contributed by atoms with van der Waals surface area (Å²) in [6, 6.07) is 9.82. The fourth-order valence-corrected chi connectivity index (χ4v) is 1.12. The normalized spacial score (nSPS) is 11.9. The Morgan fingerprint density at radius 2 is 2.00 bits per heavy atom. The summed E-state index contributed by atoms with van der Waals surface area (Å²) in [6.07, 6.45) is 7.52. The number of rotatable bonds is 4. The van der Waals surface area contributed by atoms with E-state index in [0.29, 0.717) is 5.57 Å². The van der Waals surface area contributed by atoms with Crippen molar-refractivity contribution in [3.63, 3.8) is 0 Å². The zero-order valence-corrected chi connectivity index (χ0v) is 8.31. The third kappa shape index (κ3) is 3.40. The second-order valence-electron chi connectivity index (χ2n) is 2.98. The van der Waals surface area contributed by atoms with Crippen molar-refractivity contribution in [3.8, 4) is 0 Å². The highest BCUT2D eigenvalue weighted by molar-refractivity contribution is 5.85. The lowest BCUT2D eigenvalue weighted by molar-refractivity contribution is -0.104. The van der Waals surface area contributed by atoms with E-state index in [9.17, 15) is 4.79 Å². The number of hydrogen-bond acceptors (Lipinski definition) is 1. The summed E-state index contributed by atoms with van der Waals surface area (Å²) in [5, 5.41) is 0. The number of benzene rings is 1. The van der Waals surface area contributed by atoms with Crippen molar-refractivity contribution >= 4 is 12.4 Å². The van der Waals surface area contributed by atoms with Gasteiger partial charge < -0.3 is 0 Å². The topological polar surface area (TPSA) is 17.1 Å². The van der Waals surface area contributed by atoms with Gasteiger partial charge in [0.25, 0.3) is 0 Å². The summed E-state index contributed by atoms with van der Waals surface area (Å²) in [5.41, 5.74) is 1.76. The van der Waals surface area contributed by atoms with Crippen molar-refractivity contribution in [2.75, 3.05) is 0 Å². The van der Waals surface area contributed by atoms with E-state index in [-0.39, 0.29) is 0 Å². The molecule has 1 aromatic rings. The second-order valence-corrected chi connectivity index (χ2v) is 2.98. The van der Waals surface area contributed by atoms with Crippen LogP contribution in [0.4, 0.5) is 0 Å². The number of hydrogen-bond donors (Lipinski definition) is 0. The molecule has 0 aromatic heterocycles. The van der Waals surface area contributed by atoms with Gasteiger partial charge in [-0.2, -0.15) is 0 Å². The third-order valence-corrected chi connectivity index (χ3v) is 1.81. The molecule has 1 nitrogen and oxygen atoms in total. The summed E-state index contributed by atoms with van der Waals surface area (Å²) in [5.74, 6) is 0. The van der Waals surface area contributed by atoms with Crippen LogP contribution in [-0.4, -0.2) is 6.29 Å². The quantitative estimate of drug-likeness (QED) is 0.401. The van der Waals surface area contributed by atoms with E-state index in [4.69, 9.17) is 0 Å². The molecule has 14 heavy (non-hydrogen) atoms. The molecule has 1 aromatic carbocycles. The van der Waals surface area contributed by atoms with Gasteiger partial charge in [-0.3, -0.25) is 4.79 Å². The van der Waals surface area contributed by atoms with Crippen LogP contribution in [0.5, 0.6) is 0 Å². The predicted molar refractivity (Wildman–Crippen MR) is 59.9 cm³/mol. The largest absolute Gasteiger partial charge is 0.298 e. The van der Waals surface area contributed by atoms with Crippen molar-refractivity contribution in [1.82, 2.24) is 0 Å². The lowest BCUT2D eigenvalue weighted by Gasteiger charge is -1.93. The Hall–Kier alpha value is -1.63. The molecule has 0 atom stereocenters. The second kappa shape index (κ2) is 5.92. The first-order valence-corrected chi connectivity index (χ1v) is 4.75. The molecule has 0 aliphatic rings. The summed E-state index contributed by atoms with van der Waals surface area (Å²) in [4.78, 5) is 10.7. The van der Waals surface area contributed by atoms with E-state index < -0.39 is 0 Å². The summed E-state index contributed by atoms with van der Waals surface area (Å²) in [7, 11) is 0. The predicted octanol–water partition coefficient (Wildman–Crippen LogP) is 3.24. The molecule has 0 radical (unpaired) electrons. The maximum Gasteiger partial charge on any atom is 0.150 e. The highest BCUT2D eigenvalue weighted by Crippen LogP contribution is 2.06. The number of aldehydes is 1. The Balaban J connectivity index is 2.84. The third-order valence-electron chi connectivity index (χ3n) is 1.81. The maximum atomic E-state index is 10.7. The van der Waals surface area contributed by atoms with Crippen molar-refractivity contribution in [2.45, 2.75) is 13.3 Å². The maximum absolute atomic E-state index is 10.7. The van der Waals surface area contributed by atoms with Crippen LogP contribution in [0.25, 0.3) is 6.08 Å². The molecule has 0 aliphatic carbocycles. The first kappa shape index (κ1) is 10.5. The summed E-state index contributed by atoms with van der Waals surface area (Å²) in [6.45, 7) is 2.04. The Bertz CT molecular complexity index is 334. The van der Waals surface area contributed by atoms with E-state index in [2.05, 4.69) is 0 Å². The minimum absolute atomic E-state index is 0.707. The molecule has 0 N–H and O–H groups in total. The fourth-order valence-electron chi connectivity index (χ4n) is 1.12. The molecular weight excluding hydrogens is 172 g/mol. The smallest absolute Gasteiger partial charge is 0.150 e. The zero-order valence-electron chi connectivity index (χ0n) is 8.31. The Morgan fingerprint density at radius 3 is 2.57 bits per heavy atom. The zero-order chi connectivity index (χ0) is 10.2. The minimum atomic E-state index is 0.707. The number of carbonyl (C=O) groups excluding carboxylic acids is 1. The van der Waals surface area contributed by atoms with Gasteiger partial charge in [0.15, 0.2) is 0 Å². The monoisotopic (exact) mass is 186 g/mol. The molecule has 0 fully saturated rings. The van der Waals surface area contributed by atoms with Gasteiger partial charge in [-0.25, -0.2) is 0 Å². The van der Waals surface area contributed by atoms with Gasteiger partial charge in [-0.1, -0.05) is 49.4 Å². The van der Waals surface area contributed by atoms with Crippen LogP contribution in [0.2, 0.25) is 0 Å². The van der Waals surface area contributed by atoms with Gasteiger partial charge >= 0.3 is 0 Å². The average Bonchev–Trinajstić information content (AvgIpc) is 2.25. The van der Waals surface area contributed by atoms with E-state index >= 15 is 0 Å². The minimum Gasteiger partial charge on any atom is -0.298 e. The summed E-state index contributed by atoms with van der Waals surface area (Å²) >= 11 is 0. The van der Waals surface area contributed by atoms with Gasteiger partial charge in [0.05, 0.1) is 0 Å². The summed E-state index contributed by atoms with van der Waals surface area (Å²) < 4.78 is 0. The van der Waals surface area contributed by atoms with E-state index in [1.807, 2.05) is 55.5 Å². The van der Waals surface area contributed by atoms with Crippen LogP contribution >= 0.6 is 0 Å². The van der Waals surface area contributed by atoms with E-state index in [0.717, 1.165) is 18.3 Å². The van der Waals surface area contributed by atoms with Crippen LogP contribution in [0.1, 0.15) is 18.9 Å². The highest BCUT2D eigenvalue weighted by Gasteiger charge is 1.89. The molecular formula is C13H14O. The van der Waals surface area contributed by atoms with Gasteiger partial charge in [0.1, 0.15) is 6.29 Å². The number of carbonyl (C=O) groups is 1. The lowest BCUT2D eigenvalue weighted by atomic mass is 10.1. The van der Waals surface area contributed by atoms with Crippen LogP contribution < -0.4 is 0 Å². The van der Waals surface area contributed by atoms with Gasteiger partial charge in [0.2, 0.25) is 0 Å². The molecule has 0 saturated heterocycles. The molecule has 0 amide bonds. The van der Waals surface area contributed by atoms with Gasteiger partial charge in [-0.15, -0.1) is 0 Å². The Morgan fingerprint density at radius 1 is 1.29 bits per heavy atom. The standard InChI is InChI=1S/C13H14O/c1-2-3-7-13(11-14)10-12-8-5-4-6-9-12/h3-11H,2H2,1H3/b7-3-,13-10?. The van der Waals surface area contributed by atoms with Crippen molar-refractivity contribution < 1.29 is 4.79 Å². The van der Waals surface area contributed by atoms with E-state index in [1.54, 1.807) is 0 Å². The Kier molecular flexibility index (Phi) is 4.42. The highest BCUT2D eigenvalue weighted by atomic mass is 16.1. The van der Waals surface area contributed by atoms with Crippen LogP contribution in [0, 0.1) is 0 Å². The lowest BCUT2D eigenvalue weighted by Crippen LogP contribution is -1.79. The molecule has 0 aliphatic heterocycles. The fraction of sp³-hybridized carbons (Fsp3) is 0.154. The van der Waals surface area contributed by atoms with Gasteiger partial charge in [0, 0.05) is 5.57 Å². The molecule has 0 heterocycles. The van der Waals surface area contributed by atoms with Crippen LogP contribution in [0.3, 0.4) is 0 Å². The van der Waals surface area contributed by atoms with Crippen molar-refractivity contribution in [3.05, 3.63) is 53.6 Å². The molecule has 0 spiro atoms. The molecule has 1 rings (SSSR count). The Labute approximate surface area is 84.8 Å². The molecule has 72 valence electrons. The van der Waals surface area contributed by atoms with Crippen LogP contribution in [-0.2, 0) is 4.79 Å². The molecule has 0 unspecified atom stereocenters. The molecule has 1 heteroatoms. The van der Waals surface area contributed by atoms with Crippen LogP contribution in [0.15, 0.2) is 48.1 Å². The van der Waals surface area contributed by atoms with Crippen molar-refractivity contribution in [2.24, 2.45) is 0 Å². The first-order valence-electron chi connectivity index (χ1n) is 4.75. The van der Waals surface area contributed by atoms with Gasteiger partial charge in [-0.05, 0) is 18.1 Å². The number of allylic oxidation sites excluding steroid dienone is 3. The van der Waals surface area contributed by atoms with E-state index in [1.165, 1.54) is 0 Å². The first-order chi connectivity index (χ1) is 6.86. The SMILES string of the molecule is CC/C=C\C(C=O)=Cc1ccccc1.